The number of hydrogen-bond acceptors (Lipinski definition) is 2. The van der Waals surface area contributed by atoms with Gasteiger partial charge in [-0.1, -0.05) is 17.7 Å². The lowest BCUT2D eigenvalue weighted by atomic mass is 10.1. The number of aryl methyl sites for hydroxylation is 2. The summed E-state index contributed by atoms with van der Waals surface area (Å²) in [4.78, 5) is 12.1. The van der Waals surface area contributed by atoms with Gasteiger partial charge in [-0.2, -0.15) is 0 Å². The minimum Gasteiger partial charge on any atom is -0.507 e. The van der Waals surface area contributed by atoms with Gasteiger partial charge in [0.15, 0.2) is 0 Å². The van der Waals surface area contributed by atoms with Gasteiger partial charge >= 0.3 is 0 Å². The van der Waals surface area contributed by atoms with E-state index >= 15 is 0 Å². The molecule has 0 unspecified atom stereocenters. The number of amides is 1. The number of anilines is 1. The maximum atomic E-state index is 12.1. The summed E-state index contributed by atoms with van der Waals surface area (Å²) in [5.74, 6) is -0.492. The lowest BCUT2D eigenvalue weighted by Crippen LogP contribution is -2.12. The molecule has 4 heteroatoms. The molecule has 0 bridgehead atoms. The van der Waals surface area contributed by atoms with E-state index < -0.39 is 0 Å². The van der Waals surface area contributed by atoms with Crippen molar-refractivity contribution < 1.29 is 9.90 Å². The van der Waals surface area contributed by atoms with E-state index in [1.165, 1.54) is 12.1 Å². The topological polar surface area (TPSA) is 49.3 Å². The van der Waals surface area contributed by atoms with Crippen LogP contribution in [0.15, 0.2) is 36.4 Å². The summed E-state index contributed by atoms with van der Waals surface area (Å²) in [7, 11) is 0. The first-order valence-electron chi connectivity index (χ1n) is 5.84. The quantitative estimate of drug-likeness (QED) is 0.873. The molecule has 2 N–H and O–H groups in total. The highest BCUT2D eigenvalue weighted by molar-refractivity contribution is 6.30. The second kappa shape index (κ2) is 5.33. The van der Waals surface area contributed by atoms with Crippen LogP contribution in [0, 0.1) is 13.8 Å². The number of hydrogen-bond donors (Lipinski definition) is 2. The maximum Gasteiger partial charge on any atom is 0.259 e. The fraction of sp³-hybridized carbons (Fsp3) is 0.133. The van der Waals surface area contributed by atoms with Gasteiger partial charge in [-0.25, -0.2) is 0 Å². The van der Waals surface area contributed by atoms with Gasteiger partial charge in [-0.15, -0.1) is 0 Å². The Bertz CT molecular complexity index is 618. The zero-order valence-corrected chi connectivity index (χ0v) is 11.5. The first-order valence-corrected chi connectivity index (χ1v) is 6.21. The molecular weight excluding hydrogens is 262 g/mol. The van der Waals surface area contributed by atoms with Crippen molar-refractivity contribution in [2.45, 2.75) is 13.8 Å². The van der Waals surface area contributed by atoms with E-state index in [-0.39, 0.29) is 17.2 Å². The minimum absolute atomic E-state index is 0.130. The normalized spacial score (nSPS) is 10.3. The summed E-state index contributed by atoms with van der Waals surface area (Å²) in [6, 6.07) is 10.2. The van der Waals surface area contributed by atoms with E-state index in [4.69, 9.17) is 11.6 Å². The van der Waals surface area contributed by atoms with Crippen LogP contribution in [-0.2, 0) is 0 Å². The highest BCUT2D eigenvalue weighted by atomic mass is 35.5. The molecule has 0 aliphatic carbocycles. The molecule has 0 aliphatic heterocycles. The molecular formula is C15H14ClNO2. The van der Waals surface area contributed by atoms with Crippen LogP contribution in [0.4, 0.5) is 5.69 Å². The first kappa shape index (κ1) is 13.4. The molecule has 0 atom stereocenters. The molecule has 0 radical (unpaired) electrons. The number of carbonyl (C=O) groups is 1. The van der Waals surface area contributed by atoms with Crippen molar-refractivity contribution in [2.75, 3.05) is 5.32 Å². The summed E-state index contributed by atoms with van der Waals surface area (Å²) in [5, 5.41) is 12.9. The third-order valence-electron chi connectivity index (χ3n) is 2.68. The molecule has 3 nitrogen and oxygen atoms in total. The van der Waals surface area contributed by atoms with Gasteiger partial charge in [-0.05, 0) is 55.3 Å². The lowest BCUT2D eigenvalue weighted by molar-refractivity contribution is 0.102. The zero-order valence-electron chi connectivity index (χ0n) is 10.7. The van der Waals surface area contributed by atoms with Gasteiger partial charge in [0.05, 0.1) is 5.56 Å². The number of phenols is 1. The van der Waals surface area contributed by atoms with E-state index in [0.717, 1.165) is 11.1 Å². The molecule has 2 aromatic rings. The number of aromatic hydroxyl groups is 1. The number of benzene rings is 2. The molecule has 2 rings (SSSR count). The van der Waals surface area contributed by atoms with Crippen LogP contribution in [0.2, 0.25) is 5.02 Å². The zero-order chi connectivity index (χ0) is 14.0. The van der Waals surface area contributed by atoms with Crippen molar-refractivity contribution in [3.63, 3.8) is 0 Å². The van der Waals surface area contributed by atoms with Crippen molar-refractivity contribution in [2.24, 2.45) is 0 Å². The number of halogens is 1. The Labute approximate surface area is 116 Å². The van der Waals surface area contributed by atoms with Gasteiger partial charge in [0, 0.05) is 10.7 Å². The monoisotopic (exact) mass is 275 g/mol. The van der Waals surface area contributed by atoms with Crippen LogP contribution in [0.3, 0.4) is 0 Å². The fourth-order valence-corrected chi connectivity index (χ4v) is 2.11. The van der Waals surface area contributed by atoms with Crippen molar-refractivity contribution in [3.8, 4) is 5.75 Å². The molecule has 0 aromatic heterocycles. The highest BCUT2D eigenvalue weighted by Crippen LogP contribution is 2.23. The predicted molar refractivity (Wildman–Crippen MR) is 77.0 cm³/mol. The van der Waals surface area contributed by atoms with Gasteiger partial charge in [0.2, 0.25) is 0 Å². The summed E-state index contributed by atoms with van der Waals surface area (Å²) in [6.45, 7) is 3.92. The molecule has 0 fully saturated rings. The van der Waals surface area contributed by atoms with Crippen LogP contribution in [-0.4, -0.2) is 11.0 Å². The average molecular weight is 276 g/mol. The van der Waals surface area contributed by atoms with Crippen LogP contribution < -0.4 is 5.32 Å². The summed E-state index contributed by atoms with van der Waals surface area (Å²) in [5.41, 5.74) is 3.03. The Kier molecular flexibility index (Phi) is 3.76. The highest BCUT2D eigenvalue weighted by Gasteiger charge is 2.11. The molecule has 0 saturated heterocycles. The Balaban J connectivity index is 2.25. The molecule has 0 saturated carbocycles. The third kappa shape index (κ3) is 3.26. The Morgan fingerprint density at radius 1 is 1.11 bits per heavy atom. The molecule has 0 heterocycles. The van der Waals surface area contributed by atoms with Crippen molar-refractivity contribution in [1.82, 2.24) is 0 Å². The van der Waals surface area contributed by atoms with E-state index in [9.17, 15) is 9.90 Å². The Morgan fingerprint density at radius 2 is 1.74 bits per heavy atom. The first-order chi connectivity index (χ1) is 8.95. The number of rotatable bonds is 2. The van der Waals surface area contributed by atoms with Crippen LogP contribution in [0.25, 0.3) is 0 Å². The molecule has 0 aliphatic rings. The van der Waals surface area contributed by atoms with Gasteiger partial charge < -0.3 is 10.4 Å². The number of carbonyl (C=O) groups excluding carboxylic acids is 1. The molecule has 98 valence electrons. The summed E-state index contributed by atoms with van der Waals surface area (Å²) >= 11 is 5.73. The fourth-order valence-electron chi connectivity index (χ4n) is 1.94. The second-order valence-electron chi connectivity index (χ2n) is 4.49. The third-order valence-corrected chi connectivity index (χ3v) is 2.92. The SMILES string of the molecule is Cc1cc(C)cc(NC(=O)c2ccc(Cl)cc2O)c1. The van der Waals surface area contributed by atoms with E-state index in [2.05, 4.69) is 5.32 Å². The van der Waals surface area contributed by atoms with Crippen molar-refractivity contribution in [1.29, 1.82) is 0 Å². The van der Waals surface area contributed by atoms with Crippen molar-refractivity contribution in [3.05, 3.63) is 58.1 Å². The van der Waals surface area contributed by atoms with E-state index in [0.29, 0.717) is 10.7 Å². The maximum absolute atomic E-state index is 12.1. The number of phenolic OH excluding ortho intramolecular Hbond substituents is 1. The number of nitrogens with one attached hydrogen (secondary N) is 1. The Morgan fingerprint density at radius 3 is 2.32 bits per heavy atom. The van der Waals surface area contributed by atoms with E-state index in [1.54, 1.807) is 6.07 Å². The van der Waals surface area contributed by atoms with Crippen LogP contribution in [0.5, 0.6) is 5.75 Å². The summed E-state index contributed by atoms with van der Waals surface area (Å²) in [6.07, 6.45) is 0. The largest absolute Gasteiger partial charge is 0.507 e. The standard InChI is InChI=1S/C15H14ClNO2/c1-9-5-10(2)7-12(6-9)17-15(19)13-4-3-11(16)8-14(13)18/h3-8,18H,1-2H3,(H,17,19). The predicted octanol–water partition coefficient (Wildman–Crippen LogP) is 3.91. The minimum atomic E-state index is -0.362. The van der Waals surface area contributed by atoms with Gasteiger partial charge in [-0.3, -0.25) is 4.79 Å². The molecule has 1 amide bonds. The van der Waals surface area contributed by atoms with Gasteiger partial charge in [0.25, 0.3) is 5.91 Å². The smallest absolute Gasteiger partial charge is 0.259 e. The van der Waals surface area contributed by atoms with Crippen molar-refractivity contribution >= 4 is 23.2 Å². The molecule has 19 heavy (non-hydrogen) atoms. The van der Waals surface area contributed by atoms with E-state index in [1.807, 2.05) is 32.0 Å². The second-order valence-corrected chi connectivity index (χ2v) is 4.93. The summed E-state index contributed by atoms with van der Waals surface area (Å²) < 4.78 is 0. The van der Waals surface area contributed by atoms with Gasteiger partial charge in [0.1, 0.15) is 5.75 Å². The average Bonchev–Trinajstić information content (AvgIpc) is 2.26. The molecule has 0 spiro atoms. The molecule has 2 aromatic carbocycles. The lowest BCUT2D eigenvalue weighted by Gasteiger charge is -2.09. The van der Waals surface area contributed by atoms with Crippen LogP contribution >= 0.6 is 11.6 Å². The Hall–Kier alpha value is -2.00. The van der Waals surface area contributed by atoms with Crippen LogP contribution in [0.1, 0.15) is 21.5 Å².